The van der Waals surface area contributed by atoms with Gasteiger partial charge in [-0.3, -0.25) is 0 Å². The number of benzene rings is 2. The molecule has 5 nitrogen and oxygen atoms in total. The van der Waals surface area contributed by atoms with Crippen LogP contribution >= 0.6 is 0 Å². The number of H-pyrrole nitrogens is 1. The lowest BCUT2D eigenvalue weighted by molar-refractivity contribution is 0.303. The molecule has 3 aromatic rings. The molecule has 27 heavy (non-hydrogen) atoms. The smallest absolute Gasteiger partial charge is 0.137 e. The largest absolute Gasteiger partial charge is 0.496 e. The summed E-state index contributed by atoms with van der Waals surface area (Å²) in [5.74, 6) is 1.78. The maximum absolute atomic E-state index is 5.58. The van der Waals surface area contributed by atoms with Gasteiger partial charge in [-0.15, -0.1) is 0 Å². The second kappa shape index (κ2) is 8.37. The molecule has 0 aliphatic carbocycles. The van der Waals surface area contributed by atoms with E-state index in [2.05, 4.69) is 57.0 Å². The molecule has 0 radical (unpaired) electrons. The molecule has 4 rings (SSSR count). The van der Waals surface area contributed by atoms with E-state index in [0.29, 0.717) is 12.1 Å². The summed E-state index contributed by atoms with van der Waals surface area (Å²) >= 11 is 0. The van der Waals surface area contributed by atoms with Crippen molar-refractivity contribution in [3.8, 4) is 17.1 Å². The molecular formula is C22H26N4O. The molecule has 1 unspecified atom stereocenters. The lowest BCUT2D eigenvalue weighted by Gasteiger charge is -2.34. The molecule has 2 heterocycles. The number of ether oxygens (including phenoxy) is 1. The first-order chi connectivity index (χ1) is 13.3. The van der Waals surface area contributed by atoms with Crippen molar-refractivity contribution in [1.82, 2.24) is 20.6 Å². The van der Waals surface area contributed by atoms with Crippen molar-refractivity contribution >= 4 is 0 Å². The predicted octanol–water partition coefficient (Wildman–Crippen LogP) is 3.67. The zero-order valence-electron chi connectivity index (χ0n) is 15.6. The number of piperidine rings is 1. The number of rotatable bonds is 6. The Kier molecular flexibility index (Phi) is 5.51. The van der Waals surface area contributed by atoms with Crippen LogP contribution in [0, 0.1) is 0 Å². The van der Waals surface area contributed by atoms with Crippen LogP contribution in [-0.4, -0.2) is 29.7 Å². The van der Waals surface area contributed by atoms with Gasteiger partial charge in [-0.25, -0.2) is 4.98 Å². The van der Waals surface area contributed by atoms with Gasteiger partial charge in [0.2, 0.25) is 0 Å². The van der Waals surface area contributed by atoms with Crippen LogP contribution in [-0.2, 0) is 6.54 Å². The zero-order chi connectivity index (χ0) is 18.5. The molecule has 0 bridgehead atoms. The van der Waals surface area contributed by atoms with E-state index < -0.39 is 0 Å². The molecule has 1 aliphatic heterocycles. The highest BCUT2D eigenvalue weighted by molar-refractivity contribution is 5.58. The van der Waals surface area contributed by atoms with Gasteiger partial charge in [0.1, 0.15) is 11.6 Å². The first-order valence-electron chi connectivity index (χ1n) is 9.53. The summed E-state index contributed by atoms with van der Waals surface area (Å²) in [4.78, 5) is 7.53. The van der Waals surface area contributed by atoms with Crippen LogP contribution < -0.4 is 15.4 Å². The standard InChI is InChI=1S/C22H26N4O/c1-27-20-10-9-17(22-24-12-13-25-22)14-18(20)15-26-19-8-5-11-23-21(19)16-6-3-2-4-7-16/h2-4,6-7,9-10,12-14,19,21,23,26H,5,8,11,15H2,1H3,(H,24,25)/t19-,21?/m0/s1. The SMILES string of the molecule is COc1ccc(-c2ncc[nH]2)cc1CN[C@H]1CCCNC1c1ccccc1. The molecule has 2 aromatic carbocycles. The van der Waals surface area contributed by atoms with Crippen molar-refractivity contribution in [2.45, 2.75) is 31.5 Å². The molecular weight excluding hydrogens is 336 g/mol. The fraction of sp³-hybridized carbons (Fsp3) is 0.318. The van der Waals surface area contributed by atoms with E-state index in [-0.39, 0.29) is 0 Å². The highest BCUT2D eigenvalue weighted by Gasteiger charge is 2.25. The van der Waals surface area contributed by atoms with Crippen molar-refractivity contribution in [3.63, 3.8) is 0 Å². The Labute approximate surface area is 160 Å². The number of aromatic nitrogens is 2. The molecule has 2 atom stereocenters. The Morgan fingerprint density at radius 1 is 1.19 bits per heavy atom. The Hall–Kier alpha value is -2.63. The minimum absolute atomic E-state index is 0.333. The Morgan fingerprint density at radius 2 is 2.07 bits per heavy atom. The third-order valence-corrected chi connectivity index (χ3v) is 5.22. The van der Waals surface area contributed by atoms with Gasteiger partial charge in [-0.05, 0) is 43.1 Å². The third kappa shape index (κ3) is 4.04. The zero-order valence-corrected chi connectivity index (χ0v) is 15.6. The summed E-state index contributed by atoms with van der Waals surface area (Å²) in [6.45, 7) is 1.82. The molecule has 140 valence electrons. The Morgan fingerprint density at radius 3 is 2.85 bits per heavy atom. The fourth-order valence-corrected chi connectivity index (χ4v) is 3.85. The predicted molar refractivity (Wildman–Crippen MR) is 108 cm³/mol. The number of methoxy groups -OCH3 is 1. The molecule has 0 saturated carbocycles. The first-order valence-corrected chi connectivity index (χ1v) is 9.53. The van der Waals surface area contributed by atoms with Gasteiger partial charge in [-0.1, -0.05) is 30.3 Å². The lowest BCUT2D eigenvalue weighted by Crippen LogP contribution is -2.45. The topological polar surface area (TPSA) is 62.0 Å². The maximum Gasteiger partial charge on any atom is 0.137 e. The van der Waals surface area contributed by atoms with Gasteiger partial charge in [0, 0.05) is 42.1 Å². The molecule has 1 fully saturated rings. The number of hydrogen-bond donors (Lipinski definition) is 3. The van der Waals surface area contributed by atoms with Crippen molar-refractivity contribution < 1.29 is 4.74 Å². The fourth-order valence-electron chi connectivity index (χ4n) is 3.85. The van der Waals surface area contributed by atoms with Crippen molar-refractivity contribution in [1.29, 1.82) is 0 Å². The van der Waals surface area contributed by atoms with Crippen LogP contribution in [0.1, 0.15) is 30.0 Å². The summed E-state index contributed by atoms with van der Waals surface area (Å²) in [5.41, 5.74) is 3.55. The van der Waals surface area contributed by atoms with Gasteiger partial charge >= 0.3 is 0 Å². The van der Waals surface area contributed by atoms with Crippen molar-refractivity contribution in [3.05, 3.63) is 72.1 Å². The summed E-state index contributed by atoms with van der Waals surface area (Å²) in [6.07, 6.45) is 5.96. The van der Waals surface area contributed by atoms with Crippen LogP contribution in [0.15, 0.2) is 60.9 Å². The number of nitrogens with one attached hydrogen (secondary N) is 3. The van der Waals surface area contributed by atoms with Crippen LogP contribution in [0.3, 0.4) is 0 Å². The number of aromatic amines is 1. The van der Waals surface area contributed by atoms with Gasteiger partial charge < -0.3 is 20.4 Å². The second-order valence-corrected chi connectivity index (χ2v) is 6.94. The molecule has 1 aliphatic rings. The van der Waals surface area contributed by atoms with Crippen LogP contribution in [0.2, 0.25) is 0 Å². The molecule has 3 N–H and O–H groups in total. The van der Waals surface area contributed by atoms with Crippen LogP contribution in [0.4, 0.5) is 0 Å². The van der Waals surface area contributed by atoms with Gasteiger partial charge in [0.05, 0.1) is 7.11 Å². The van der Waals surface area contributed by atoms with Gasteiger partial charge in [0.15, 0.2) is 0 Å². The number of hydrogen-bond acceptors (Lipinski definition) is 4. The van der Waals surface area contributed by atoms with E-state index in [9.17, 15) is 0 Å². The lowest BCUT2D eigenvalue weighted by atomic mass is 9.92. The van der Waals surface area contributed by atoms with Gasteiger partial charge in [0.25, 0.3) is 0 Å². The van der Waals surface area contributed by atoms with E-state index in [0.717, 1.165) is 42.2 Å². The summed E-state index contributed by atoms with van der Waals surface area (Å²) in [6, 6.07) is 17.6. The number of nitrogens with zero attached hydrogens (tertiary/aromatic N) is 1. The summed E-state index contributed by atoms with van der Waals surface area (Å²) in [7, 11) is 1.72. The highest BCUT2D eigenvalue weighted by atomic mass is 16.5. The van der Waals surface area contributed by atoms with Crippen molar-refractivity contribution in [2.75, 3.05) is 13.7 Å². The first kappa shape index (κ1) is 17.8. The van der Waals surface area contributed by atoms with E-state index >= 15 is 0 Å². The number of imidazole rings is 1. The van der Waals surface area contributed by atoms with E-state index in [1.165, 1.54) is 12.0 Å². The second-order valence-electron chi connectivity index (χ2n) is 6.94. The van der Waals surface area contributed by atoms with Crippen LogP contribution in [0.5, 0.6) is 5.75 Å². The summed E-state index contributed by atoms with van der Waals surface area (Å²) in [5, 5.41) is 7.44. The third-order valence-electron chi connectivity index (χ3n) is 5.22. The van der Waals surface area contributed by atoms with Gasteiger partial charge in [-0.2, -0.15) is 0 Å². The quantitative estimate of drug-likeness (QED) is 0.626. The molecule has 0 amide bonds. The average Bonchev–Trinajstić information content (AvgIpc) is 3.28. The molecule has 1 saturated heterocycles. The average molecular weight is 362 g/mol. The Balaban J connectivity index is 1.52. The van der Waals surface area contributed by atoms with Crippen LogP contribution in [0.25, 0.3) is 11.4 Å². The maximum atomic E-state index is 5.58. The molecule has 5 heteroatoms. The van der Waals surface area contributed by atoms with E-state index in [1.807, 2.05) is 18.3 Å². The minimum atomic E-state index is 0.333. The molecule has 0 spiro atoms. The minimum Gasteiger partial charge on any atom is -0.496 e. The van der Waals surface area contributed by atoms with Crippen molar-refractivity contribution in [2.24, 2.45) is 0 Å². The van der Waals surface area contributed by atoms with E-state index in [4.69, 9.17) is 4.74 Å². The van der Waals surface area contributed by atoms with E-state index in [1.54, 1.807) is 13.3 Å². The highest BCUT2D eigenvalue weighted by Crippen LogP contribution is 2.27. The summed E-state index contributed by atoms with van der Waals surface area (Å²) < 4.78 is 5.58. The normalized spacial score (nSPS) is 19.7. The monoisotopic (exact) mass is 362 g/mol. The molecule has 1 aromatic heterocycles. The Bertz CT molecular complexity index is 848.